The zero-order chi connectivity index (χ0) is 52.9. The predicted octanol–water partition coefficient (Wildman–Crippen LogP) is 21.3. The smallest absolute Gasteiger partial charge is 0.137 e. The molecule has 0 aliphatic heterocycles. The molecule has 0 atom stereocenters. The van der Waals surface area contributed by atoms with Crippen molar-refractivity contribution in [2.24, 2.45) is 0 Å². The third kappa shape index (κ3) is 8.54. The van der Waals surface area contributed by atoms with Crippen LogP contribution in [0.4, 0.5) is 34.1 Å². The van der Waals surface area contributed by atoms with Crippen LogP contribution in [0.25, 0.3) is 76.9 Å². The molecule has 10 aromatic carbocycles. The number of nitrogens with zero attached hydrogens (tertiary/aromatic N) is 2. The molecule has 0 saturated carbocycles. The molecular weight excluding hydrogens is 949 g/mol. The van der Waals surface area contributed by atoms with E-state index in [1.165, 1.54) is 92.7 Å². The second-order valence-electron chi connectivity index (χ2n) is 24.3. The fraction of sp³-hybridized carbons (Fsp3) is 0.216. The average Bonchev–Trinajstić information content (AvgIpc) is 4.20. The second-order valence-corrected chi connectivity index (χ2v) is 24.3. The van der Waals surface area contributed by atoms with E-state index >= 15 is 0 Å². The lowest BCUT2D eigenvalue weighted by molar-refractivity contribution is 0.590. The second kappa shape index (κ2) is 18.7. The molecule has 2 aliphatic rings. The summed E-state index contributed by atoms with van der Waals surface area (Å²) in [5.41, 5.74) is 23.7. The summed E-state index contributed by atoms with van der Waals surface area (Å²) in [6.07, 6.45) is 9.35. The summed E-state index contributed by atoms with van der Waals surface area (Å²) >= 11 is 0. The molecular formula is C74H66N2O2. The Labute approximate surface area is 458 Å². The van der Waals surface area contributed by atoms with Gasteiger partial charge in [-0.05, 0) is 215 Å². The lowest BCUT2D eigenvalue weighted by atomic mass is 9.86. The molecule has 384 valence electrons. The lowest BCUT2D eigenvalue weighted by Crippen LogP contribution is -2.15. The normalized spacial score (nSPS) is 13.9. The maximum absolute atomic E-state index is 6.95. The van der Waals surface area contributed by atoms with Crippen molar-refractivity contribution in [3.05, 3.63) is 228 Å². The largest absolute Gasteiger partial charge is 0.456 e. The Morgan fingerprint density at radius 2 is 0.667 bits per heavy atom. The van der Waals surface area contributed by atoms with Gasteiger partial charge in [0.15, 0.2) is 0 Å². The Bertz CT molecular complexity index is 3980. The Hall–Kier alpha value is -8.34. The highest BCUT2D eigenvalue weighted by Gasteiger charge is 2.26. The third-order valence-corrected chi connectivity index (χ3v) is 17.1. The predicted molar refractivity (Wildman–Crippen MR) is 329 cm³/mol. The molecule has 0 fully saturated rings. The first-order chi connectivity index (χ1) is 37.9. The highest BCUT2D eigenvalue weighted by Crippen LogP contribution is 2.48. The monoisotopic (exact) mass is 1010 g/mol. The van der Waals surface area contributed by atoms with Gasteiger partial charge < -0.3 is 18.6 Å². The highest BCUT2D eigenvalue weighted by atomic mass is 16.3. The number of anilines is 6. The number of hydrogen-bond acceptors (Lipinski definition) is 4. The maximum Gasteiger partial charge on any atom is 0.137 e. The zero-order valence-electron chi connectivity index (χ0n) is 45.8. The van der Waals surface area contributed by atoms with Crippen LogP contribution in [0.3, 0.4) is 0 Å². The number of hydrogen-bond donors (Lipinski definition) is 0. The summed E-state index contributed by atoms with van der Waals surface area (Å²) in [4.78, 5) is 4.91. The Kier molecular flexibility index (Phi) is 11.5. The molecule has 0 bridgehead atoms. The number of rotatable bonds is 8. The summed E-state index contributed by atoms with van der Waals surface area (Å²) in [7, 11) is 0. The Morgan fingerprint density at radius 3 is 1.04 bits per heavy atom. The Morgan fingerprint density at radius 1 is 0.321 bits per heavy atom. The van der Waals surface area contributed by atoms with Gasteiger partial charge in [-0.15, -0.1) is 0 Å². The van der Waals surface area contributed by atoms with E-state index in [1.54, 1.807) is 0 Å². The molecule has 0 radical (unpaired) electrons. The topological polar surface area (TPSA) is 32.8 Å². The lowest BCUT2D eigenvalue weighted by Gasteiger charge is -2.31. The van der Waals surface area contributed by atoms with E-state index in [0.29, 0.717) is 0 Å². The van der Waals surface area contributed by atoms with Gasteiger partial charge in [-0.3, -0.25) is 0 Å². The number of benzene rings is 10. The summed E-state index contributed by atoms with van der Waals surface area (Å²) < 4.78 is 13.9. The van der Waals surface area contributed by atoms with Crippen molar-refractivity contribution in [1.82, 2.24) is 0 Å². The van der Waals surface area contributed by atoms with E-state index in [9.17, 15) is 0 Å². The van der Waals surface area contributed by atoms with Crippen molar-refractivity contribution in [3.63, 3.8) is 0 Å². The SMILES string of the molecule is CC(C)(C)c1ccc(N(c2ccc3c(c2)oc2cc4cc5c(cc4cc23)oc2cc(N(c3ccc(C(C)(C)C)cc3)c3cc4c(cc3-c3ccccc3)CCCC4)ccc25)c2cc3c(cc2-c2ccccc2)CCCC3)cc1. The maximum atomic E-state index is 6.95. The van der Waals surface area contributed by atoms with Gasteiger partial charge in [-0.2, -0.15) is 0 Å². The van der Waals surface area contributed by atoms with Gasteiger partial charge in [0.2, 0.25) is 0 Å². The van der Waals surface area contributed by atoms with Crippen molar-refractivity contribution in [2.75, 3.05) is 9.80 Å². The van der Waals surface area contributed by atoms with Gasteiger partial charge in [0, 0.05) is 67.6 Å². The van der Waals surface area contributed by atoms with Crippen molar-refractivity contribution in [3.8, 4) is 22.3 Å². The van der Waals surface area contributed by atoms with E-state index in [-0.39, 0.29) is 10.8 Å². The first kappa shape index (κ1) is 48.1. The molecule has 0 unspecified atom stereocenters. The minimum atomic E-state index is 0.0396. The van der Waals surface area contributed by atoms with Gasteiger partial charge in [-0.25, -0.2) is 0 Å². The number of fused-ring (bicyclic) bond motifs is 9. The van der Waals surface area contributed by atoms with Crippen LogP contribution in [0.15, 0.2) is 203 Å². The average molecular weight is 1020 g/mol. The van der Waals surface area contributed by atoms with Gasteiger partial charge in [0.1, 0.15) is 22.3 Å². The van der Waals surface area contributed by atoms with Crippen LogP contribution in [0, 0.1) is 0 Å². The Balaban J connectivity index is 0.882. The number of aryl methyl sites for hydroxylation is 4. The van der Waals surface area contributed by atoms with E-state index in [0.717, 1.165) is 103 Å². The van der Waals surface area contributed by atoms with Crippen molar-refractivity contribution < 1.29 is 8.83 Å². The molecule has 0 saturated heterocycles. The van der Waals surface area contributed by atoms with Crippen molar-refractivity contribution >= 4 is 88.8 Å². The molecule has 4 heteroatoms. The molecule has 2 aliphatic carbocycles. The summed E-state index contributed by atoms with van der Waals surface area (Å²) in [6.45, 7) is 13.7. The van der Waals surface area contributed by atoms with Gasteiger partial charge in [0.05, 0.1) is 11.4 Å². The quantitative estimate of drug-likeness (QED) is 0.152. The molecule has 0 N–H and O–H groups in total. The molecule has 12 aromatic rings. The van der Waals surface area contributed by atoms with Crippen LogP contribution < -0.4 is 9.80 Å². The van der Waals surface area contributed by atoms with Gasteiger partial charge in [-0.1, -0.05) is 126 Å². The zero-order valence-corrected chi connectivity index (χ0v) is 45.8. The highest BCUT2D eigenvalue weighted by molar-refractivity contribution is 6.16. The third-order valence-electron chi connectivity index (χ3n) is 17.1. The molecule has 2 aromatic heterocycles. The van der Waals surface area contributed by atoms with Crippen molar-refractivity contribution in [1.29, 1.82) is 0 Å². The van der Waals surface area contributed by atoms with Crippen LogP contribution in [-0.2, 0) is 36.5 Å². The van der Waals surface area contributed by atoms with Crippen LogP contribution in [-0.4, -0.2) is 0 Å². The van der Waals surface area contributed by atoms with E-state index in [4.69, 9.17) is 8.83 Å². The molecule has 14 rings (SSSR count). The fourth-order valence-electron chi connectivity index (χ4n) is 12.7. The minimum Gasteiger partial charge on any atom is -0.456 e. The van der Waals surface area contributed by atoms with E-state index in [2.05, 4.69) is 245 Å². The van der Waals surface area contributed by atoms with Crippen molar-refractivity contribution in [2.45, 2.75) is 104 Å². The summed E-state index contributed by atoms with van der Waals surface area (Å²) in [5, 5.41) is 6.60. The first-order valence-electron chi connectivity index (χ1n) is 28.4. The molecule has 78 heavy (non-hydrogen) atoms. The van der Waals surface area contributed by atoms with Crippen LogP contribution >= 0.6 is 0 Å². The van der Waals surface area contributed by atoms with E-state index in [1.807, 2.05) is 0 Å². The molecule has 4 nitrogen and oxygen atoms in total. The standard InChI is InChI=1S/C74H66N2O2/c1-73(2,3)55-25-29-57(30-26-55)75(67-41-51-23-15-13-21-49(51)37-63(67)47-17-9-7-10-18-47)59-33-35-61-65-39-53-44-70-66(40-54(53)43-69(65)77-71(61)45-59)62-36-34-60(46-72(62)78-70)76(58-31-27-56(28-32-58)74(4,5)6)68-42-52-24-16-14-22-50(52)38-64(68)48-19-11-8-12-20-48/h7-12,17-20,25-46H,13-16,21-24H2,1-6H3. The summed E-state index contributed by atoms with van der Waals surface area (Å²) in [5.74, 6) is 0. The van der Waals surface area contributed by atoms with Gasteiger partial charge in [0.25, 0.3) is 0 Å². The minimum absolute atomic E-state index is 0.0396. The van der Waals surface area contributed by atoms with Gasteiger partial charge >= 0.3 is 0 Å². The number of furan rings is 2. The van der Waals surface area contributed by atoms with Crippen LogP contribution in [0.2, 0.25) is 0 Å². The molecule has 2 heterocycles. The fourth-order valence-corrected chi connectivity index (χ4v) is 12.7. The molecule has 0 spiro atoms. The van der Waals surface area contributed by atoms with Crippen LogP contribution in [0.1, 0.15) is 101 Å². The summed E-state index contributed by atoms with van der Waals surface area (Å²) in [6, 6.07) is 72.7. The van der Waals surface area contributed by atoms with Crippen LogP contribution in [0.5, 0.6) is 0 Å². The van der Waals surface area contributed by atoms with E-state index < -0.39 is 0 Å². The first-order valence-corrected chi connectivity index (χ1v) is 28.4. The molecule has 0 amide bonds.